The maximum atomic E-state index is 5.78. The molecule has 0 spiro atoms. The molecule has 0 aliphatic heterocycles. The van der Waals surface area contributed by atoms with Crippen molar-refractivity contribution >= 4 is 47.1 Å². The van der Waals surface area contributed by atoms with Crippen molar-refractivity contribution in [1.82, 2.24) is 7.88 Å². The van der Waals surface area contributed by atoms with E-state index in [-0.39, 0.29) is 11.1 Å². The minimum Gasteiger partial charge on any atom is -0.375 e. The average molecular weight is 326 g/mol. The summed E-state index contributed by atoms with van der Waals surface area (Å²) < 4.78 is 8.04. The first-order chi connectivity index (χ1) is 7.57. The molecule has 0 amide bonds. The fraction of sp³-hybridized carbons (Fsp3) is 1.00. The van der Waals surface area contributed by atoms with Crippen molar-refractivity contribution in [1.29, 1.82) is 0 Å². The van der Waals surface area contributed by atoms with Gasteiger partial charge in [0.2, 0.25) is 0 Å². The summed E-state index contributed by atoms with van der Waals surface area (Å²) >= 11 is 22.5. The largest absolute Gasteiger partial charge is 0.375 e. The van der Waals surface area contributed by atoms with Crippen LogP contribution in [0.15, 0.2) is 0 Å². The quantitative estimate of drug-likeness (QED) is 0.608. The van der Waals surface area contributed by atoms with Gasteiger partial charge >= 0.3 is 0 Å². The van der Waals surface area contributed by atoms with Crippen molar-refractivity contribution in [3.05, 3.63) is 0 Å². The van der Waals surface area contributed by atoms with E-state index in [0.717, 1.165) is 20.7 Å². The molecule has 0 aliphatic rings. The number of hydrogen-bond donors (Lipinski definition) is 0. The van der Waals surface area contributed by atoms with E-state index in [1.807, 2.05) is 27.7 Å². The summed E-state index contributed by atoms with van der Waals surface area (Å²) in [6, 6.07) is 0. The molecule has 0 N–H and O–H groups in total. The van der Waals surface area contributed by atoms with Gasteiger partial charge in [-0.05, 0) is 87.6 Å². The summed E-state index contributed by atoms with van der Waals surface area (Å²) in [7, 11) is 0. The lowest BCUT2D eigenvalue weighted by Crippen LogP contribution is -2.35. The molecule has 0 aromatic carbocycles. The smallest absolute Gasteiger partial charge is 0.0639 e. The summed E-state index contributed by atoms with van der Waals surface area (Å²) in [5, 5.41) is 0. The van der Waals surface area contributed by atoms with E-state index in [9.17, 15) is 0 Å². The third-order valence-electron chi connectivity index (χ3n) is 2.55. The molecule has 0 radical (unpaired) electrons. The van der Waals surface area contributed by atoms with Gasteiger partial charge in [-0.15, -0.1) is 7.88 Å². The Bertz CT molecular complexity index is 222. The van der Waals surface area contributed by atoms with Crippen LogP contribution in [-0.2, 0) is 4.74 Å². The van der Waals surface area contributed by atoms with E-state index in [2.05, 4.69) is 0 Å². The van der Waals surface area contributed by atoms with Crippen LogP contribution in [0.5, 0.6) is 0 Å². The van der Waals surface area contributed by atoms with E-state index in [1.54, 1.807) is 0 Å². The number of ether oxygens (including phenoxy) is 1. The van der Waals surface area contributed by atoms with Gasteiger partial charge in [0.05, 0.1) is 5.60 Å². The topological polar surface area (TPSA) is 15.7 Å². The van der Waals surface area contributed by atoms with Gasteiger partial charge in [0.25, 0.3) is 0 Å². The molecular weight excluding hydrogens is 306 g/mol. The molecule has 0 bridgehead atoms. The molecular formula is C10H20Cl4N2O. The van der Waals surface area contributed by atoms with Crippen LogP contribution < -0.4 is 0 Å². The van der Waals surface area contributed by atoms with Crippen LogP contribution in [0.3, 0.4) is 0 Å². The van der Waals surface area contributed by atoms with Crippen LogP contribution in [0.2, 0.25) is 0 Å². The van der Waals surface area contributed by atoms with E-state index in [1.165, 1.54) is 0 Å². The Morgan fingerprint density at radius 1 is 0.941 bits per heavy atom. The highest BCUT2D eigenvalue weighted by Gasteiger charge is 2.26. The van der Waals surface area contributed by atoms with Crippen LogP contribution in [0.4, 0.5) is 0 Å². The number of halogens is 4. The van der Waals surface area contributed by atoms with Crippen LogP contribution in [-0.4, -0.2) is 32.2 Å². The van der Waals surface area contributed by atoms with Gasteiger partial charge in [-0.1, -0.05) is 0 Å². The van der Waals surface area contributed by atoms with Gasteiger partial charge in [0.15, 0.2) is 0 Å². The predicted molar refractivity (Wildman–Crippen MR) is 75.3 cm³/mol. The fourth-order valence-corrected chi connectivity index (χ4v) is 1.43. The Labute approximate surface area is 124 Å². The summed E-state index contributed by atoms with van der Waals surface area (Å²) in [6.07, 6.45) is 1.47. The van der Waals surface area contributed by atoms with Crippen molar-refractivity contribution < 1.29 is 4.74 Å². The zero-order valence-corrected chi connectivity index (χ0v) is 13.7. The first-order valence-electron chi connectivity index (χ1n) is 5.42. The fourth-order valence-electron chi connectivity index (χ4n) is 1.09. The second-order valence-electron chi connectivity index (χ2n) is 5.18. The van der Waals surface area contributed by atoms with Crippen molar-refractivity contribution in [2.75, 3.05) is 13.2 Å². The second kappa shape index (κ2) is 7.59. The molecule has 0 atom stereocenters. The summed E-state index contributed by atoms with van der Waals surface area (Å²) in [4.78, 5) is 0. The molecule has 0 aromatic rings. The van der Waals surface area contributed by atoms with Gasteiger partial charge < -0.3 is 4.74 Å². The lowest BCUT2D eigenvalue weighted by Gasteiger charge is -2.31. The monoisotopic (exact) mass is 324 g/mol. The Balaban J connectivity index is 3.94. The summed E-state index contributed by atoms with van der Waals surface area (Å²) in [6.45, 7) is 9.01. The first-order valence-corrected chi connectivity index (χ1v) is 6.77. The molecule has 0 rings (SSSR count). The van der Waals surface area contributed by atoms with Gasteiger partial charge in [-0.3, -0.25) is 0 Å². The number of hydrogen-bond acceptors (Lipinski definition) is 3. The number of nitrogens with zero attached hydrogens (tertiary/aromatic N) is 2. The van der Waals surface area contributed by atoms with Crippen molar-refractivity contribution in [3.8, 4) is 0 Å². The molecule has 0 saturated carbocycles. The zero-order chi connectivity index (χ0) is 13.7. The Morgan fingerprint density at radius 3 is 1.88 bits per heavy atom. The highest BCUT2D eigenvalue weighted by Crippen LogP contribution is 2.25. The average Bonchev–Trinajstić information content (AvgIpc) is 2.14. The normalized spacial score (nSPS) is 13.8. The lowest BCUT2D eigenvalue weighted by molar-refractivity contribution is -0.0326. The number of rotatable bonds is 8. The van der Waals surface area contributed by atoms with E-state index >= 15 is 0 Å². The third-order valence-corrected chi connectivity index (χ3v) is 3.80. The maximum absolute atomic E-state index is 5.78. The molecule has 0 unspecified atom stereocenters. The SMILES string of the molecule is CC(C)(CCN(Cl)Cl)OCCC(C)(C)N(Cl)Cl. The summed E-state index contributed by atoms with van der Waals surface area (Å²) in [5.74, 6) is 0. The Morgan fingerprint density at radius 2 is 1.47 bits per heavy atom. The molecule has 0 aliphatic carbocycles. The molecule has 17 heavy (non-hydrogen) atoms. The Hall–Kier alpha value is 1.04. The van der Waals surface area contributed by atoms with E-state index < -0.39 is 0 Å². The maximum Gasteiger partial charge on any atom is 0.0639 e. The third kappa shape index (κ3) is 8.71. The minimum absolute atomic E-state index is 0.276. The minimum atomic E-state index is -0.315. The highest BCUT2D eigenvalue weighted by atomic mass is 35.5. The van der Waals surface area contributed by atoms with Gasteiger partial charge in [0.1, 0.15) is 0 Å². The summed E-state index contributed by atoms with van der Waals surface area (Å²) in [5.41, 5.74) is -0.592. The molecule has 7 heteroatoms. The lowest BCUT2D eigenvalue weighted by atomic mass is 10.0. The van der Waals surface area contributed by atoms with Crippen LogP contribution >= 0.6 is 47.1 Å². The van der Waals surface area contributed by atoms with E-state index in [0.29, 0.717) is 13.2 Å². The zero-order valence-electron chi connectivity index (χ0n) is 10.6. The molecule has 0 heterocycles. The standard InChI is InChI=1S/C10H20Cl4N2O/c1-9(2,16(13)14)6-8-17-10(3,4)5-7-15(11)12/h5-8H2,1-4H3. The molecule has 104 valence electrons. The van der Waals surface area contributed by atoms with Crippen LogP contribution in [0.1, 0.15) is 40.5 Å². The van der Waals surface area contributed by atoms with Gasteiger partial charge in [-0.2, -0.15) is 0 Å². The van der Waals surface area contributed by atoms with Crippen LogP contribution in [0, 0.1) is 0 Å². The van der Waals surface area contributed by atoms with Gasteiger partial charge in [0, 0.05) is 18.7 Å². The van der Waals surface area contributed by atoms with Crippen LogP contribution in [0.25, 0.3) is 0 Å². The molecule has 3 nitrogen and oxygen atoms in total. The first kappa shape index (κ1) is 18.0. The second-order valence-corrected chi connectivity index (χ2v) is 7.02. The van der Waals surface area contributed by atoms with Gasteiger partial charge in [-0.25, -0.2) is 0 Å². The molecule has 0 aromatic heterocycles. The van der Waals surface area contributed by atoms with E-state index in [4.69, 9.17) is 51.8 Å². The Kier molecular flexibility index (Phi) is 8.05. The molecule has 0 saturated heterocycles. The van der Waals surface area contributed by atoms with Crippen molar-refractivity contribution in [3.63, 3.8) is 0 Å². The molecule has 0 fully saturated rings. The van der Waals surface area contributed by atoms with Crippen molar-refractivity contribution in [2.24, 2.45) is 0 Å². The predicted octanol–water partition coefficient (Wildman–Crippen LogP) is 4.56. The highest BCUT2D eigenvalue weighted by molar-refractivity contribution is 6.34. The van der Waals surface area contributed by atoms with Crippen molar-refractivity contribution in [2.45, 2.75) is 51.7 Å².